The molecule has 0 bridgehead atoms. The van der Waals surface area contributed by atoms with Crippen molar-refractivity contribution in [3.63, 3.8) is 0 Å². The summed E-state index contributed by atoms with van der Waals surface area (Å²) in [6, 6.07) is 0.136. The summed E-state index contributed by atoms with van der Waals surface area (Å²) in [6.07, 6.45) is 7.80. The van der Waals surface area contributed by atoms with Gasteiger partial charge in [-0.25, -0.2) is 9.97 Å². The number of halogens is 1. The van der Waals surface area contributed by atoms with Crippen LogP contribution in [0.3, 0.4) is 0 Å². The average molecular weight is 355 g/mol. The molecule has 24 heavy (non-hydrogen) atoms. The maximum Gasteiger partial charge on any atom is 0.254 e. The zero-order chi connectivity index (χ0) is 16.2. The second-order valence-electron chi connectivity index (χ2n) is 6.72. The number of hydrogen-bond acceptors (Lipinski definition) is 5. The van der Waals surface area contributed by atoms with E-state index in [1.807, 2.05) is 0 Å². The number of carbonyl (C=O) groups is 1. The summed E-state index contributed by atoms with van der Waals surface area (Å²) in [6.45, 7) is 4.74. The van der Waals surface area contributed by atoms with Gasteiger partial charge in [-0.15, -0.1) is 12.4 Å². The third-order valence-electron chi connectivity index (χ3n) is 4.79. The fraction of sp³-hybridized carbons (Fsp3) is 0.706. The first-order chi connectivity index (χ1) is 11.2. The number of carbonyl (C=O) groups excluding carboxylic acids is 1. The van der Waals surface area contributed by atoms with Gasteiger partial charge in [0.2, 0.25) is 0 Å². The van der Waals surface area contributed by atoms with Crippen molar-refractivity contribution in [2.45, 2.75) is 44.6 Å². The Hall–Kier alpha value is -1.24. The largest absolute Gasteiger partial charge is 0.395 e. The van der Waals surface area contributed by atoms with Crippen LogP contribution in [0.15, 0.2) is 12.4 Å². The third kappa shape index (κ3) is 4.65. The number of likely N-dealkylation sites (tertiary alicyclic amines) is 1. The topological polar surface area (TPSA) is 78.4 Å². The number of aromatic nitrogens is 2. The van der Waals surface area contributed by atoms with Gasteiger partial charge in [0, 0.05) is 44.0 Å². The highest BCUT2D eigenvalue weighted by atomic mass is 35.5. The number of aliphatic hydroxyl groups excluding tert-OH is 1. The molecule has 6 nitrogen and oxygen atoms in total. The van der Waals surface area contributed by atoms with Crippen LogP contribution in [0.4, 0.5) is 0 Å². The van der Waals surface area contributed by atoms with E-state index in [9.17, 15) is 4.79 Å². The summed E-state index contributed by atoms with van der Waals surface area (Å²) in [4.78, 5) is 23.3. The third-order valence-corrected chi connectivity index (χ3v) is 4.79. The Labute approximate surface area is 149 Å². The SMILES string of the molecule is CCC[C@H]1CN(CCO)C[C@@H]1NC(=O)c1cnc(C2CC2)nc1.Cl. The van der Waals surface area contributed by atoms with Crippen LogP contribution < -0.4 is 5.32 Å². The summed E-state index contributed by atoms with van der Waals surface area (Å²) in [5.74, 6) is 1.72. The molecule has 3 rings (SSSR count). The number of amides is 1. The molecule has 2 atom stereocenters. The molecule has 2 N–H and O–H groups in total. The normalized spacial score (nSPS) is 23.8. The van der Waals surface area contributed by atoms with Crippen LogP contribution in [0, 0.1) is 5.92 Å². The molecule has 1 aliphatic heterocycles. The first-order valence-corrected chi connectivity index (χ1v) is 8.67. The van der Waals surface area contributed by atoms with E-state index in [2.05, 4.69) is 27.1 Å². The molecular weight excluding hydrogens is 328 g/mol. The van der Waals surface area contributed by atoms with Crippen molar-refractivity contribution in [2.75, 3.05) is 26.2 Å². The fourth-order valence-corrected chi connectivity index (χ4v) is 3.37. The van der Waals surface area contributed by atoms with Gasteiger partial charge in [-0.3, -0.25) is 9.69 Å². The standard InChI is InChI=1S/C17H26N4O2.ClH/c1-2-3-13-10-21(6-7-22)11-15(13)20-17(23)14-8-18-16(19-9-14)12-4-5-12;/h8-9,12-13,15,22H,2-7,10-11H2,1H3,(H,20,23);1H/t13-,15-;/m0./s1. The minimum atomic E-state index is -0.0932. The summed E-state index contributed by atoms with van der Waals surface area (Å²) >= 11 is 0. The van der Waals surface area contributed by atoms with Gasteiger partial charge in [-0.05, 0) is 25.2 Å². The van der Waals surface area contributed by atoms with Crippen molar-refractivity contribution in [1.29, 1.82) is 0 Å². The lowest BCUT2D eigenvalue weighted by molar-refractivity contribution is 0.0928. The minimum absolute atomic E-state index is 0. The molecule has 1 saturated carbocycles. The van der Waals surface area contributed by atoms with Gasteiger partial charge in [-0.1, -0.05) is 13.3 Å². The summed E-state index contributed by atoms with van der Waals surface area (Å²) in [5, 5.41) is 12.3. The van der Waals surface area contributed by atoms with Crippen molar-refractivity contribution < 1.29 is 9.90 Å². The molecule has 0 radical (unpaired) electrons. The lowest BCUT2D eigenvalue weighted by Gasteiger charge is -2.19. The lowest BCUT2D eigenvalue weighted by atomic mass is 9.98. The minimum Gasteiger partial charge on any atom is -0.395 e. The van der Waals surface area contributed by atoms with E-state index in [0.29, 0.717) is 23.9 Å². The summed E-state index contributed by atoms with van der Waals surface area (Å²) in [7, 11) is 0. The second-order valence-corrected chi connectivity index (χ2v) is 6.72. The first-order valence-electron chi connectivity index (χ1n) is 8.67. The molecular formula is C17H27ClN4O2. The highest BCUT2D eigenvalue weighted by Gasteiger charge is 2.33. The number of nitrogens with one attached hydrogen (secondary N) is 1. The predicted molar refractivity (Wildman–Crippen MR) is 94.4 cm³/mol. The van der Waals surface area contributed by atoms with Gasteiger partial charge in [0.1, 0.15) is 5.82 Å². The monoisotopic (exact) mass is 354 g/mol. The molecule has 2 aliphatic rings. The van der Waals surface area contributed by atoms with Crippen molar-refractivity contribution in [3.8, 4) is 0 Å². The molecule has 7 heteroatoms. The fourth-order valence-electron chi connectivity index (χ4n) is 3.37. The maximum absolute atomic E-state index is 12.5. The summed E-state index contributed by atoms with van der Waals surface area (Å²) < 4.78 is 0. The molecule has 2 fully saturated rings. The van der Waals surface area contributed by atoms with Gasteiger partial charge in [0.15, 0.2) is 0 Å². The Morgan fingerprint density at radius 1 is 1.33 bits per heavy atom. The average Bonchev–Trinajstić information content (AvgIpc) is 3.33. The molecule has 1 saturated heterocycles. The van der Waals surface area contributed by atoms with Crippen molar-refractivity contribution in [3.05, 3.63) is 23.8 Å². The van der Waals surface area contributed by atoms with Crippen LogP contribution in [-0.2, 0) is 0 Å². The van der Waals surface area contributed by atoms with Gasteiger partial charge in [-0.2, -0.15) is 0 Å². The van der Waals surface area contributed by atoms with Crippen LogP contribution in [0.5, 0.6) is 0 Å². The van der Waals surface area contributed by atoms with E-state index in [4.69, 9.17) is 5.11 Å². The lowest BCUT2D eigenvalue weighted by Crippen LogP contribution is -2.40. The van der Waals surface area contributed by atoms with Crippen LogP contribution in [0.1, 0.15) is 54.7 Å². The van der Waals surface area contributed by atoms with E-state index in [0.717, 1.165) is 44.6 Å². The second kappa shape index (κ2) is 8.74. The zero-order valence-corrected chi connectivity index (χ0v) is 15.0. The molecule has 1 aliphatic carbocycles. The van der Waals surface area contributed by atoms with Gasteiger partial charge >= 0.3 is 0 Å². The molecule has 0 unspecified atom stereocenters. The highest BCUT2D eigenvalue weighted by molar-refractivity contribution is 5.93. The molecule has 1 aromatic heterocycles. The van der Waals surface area contributed by atoms with Crippen LogP contribution in [0.2, 0.25) is 0 Å². The maximum atomic E-state index is 12.5. The molecule has 1 amide bonds. The first kappa shape index (κ1) is 19.1. The number of β-amino-alcohol motifs (C(OH)–C–C–N with tert-alkyl or cyclic N) is 1. The van der Waals surface area contributed by atoms with E-state index in [1.54, 1.807) is 12.4 Å². The van der Waals surface area contributed by atoms with Crippen molar-refractivity contribution >= 4 is 18.3 Å². The number of hydrogen-bond donors (Lipinski definition) is 2. The quantitative estimate of drug-likeness (QED) is 0.777. The number of rotatable bonds is 7. The zero-order valence-electron chi connectivity index (χ0n) is 14.1. The van der Waals surface area contributed by atoms with Gasteiger partial charge in [0.05, 0.1) is 12.2 Å². The Morgan fingerprint density at radius 3 is 2.62 bits per heavy atom. The smallest absolute Gasteiger partial charge is 0.254 e. The molecule has 0 spiro atoms. The Balaban J connectivity index is 0.00000208. The van der Waals surface area contributed by atoms with E-state index >= 15 is 0 Å². The number of nitrogens with zero attached hydrogens (tertiary/aromatic N) is 3. The van der Waals surface area contributed by atoms with Crippen molar-refractivity contribution in [1.82, 2.24) is 20.2 Å². The van der Waals surface area contributed by atoms with Crippen LogP contribution in [0.25, 0.3) is 0 Å². The van der Waals surface area contributed by atoms with Gasteiger partial charge < -0.3 is 10.4 Å². The molecule has 1 aromatic rings. The van der Waals surface area contributed by atoms with Gasteiger partial charge in [0.25, 0.3) is 5.91 Å². The van der Waals surface area contributed by atoms with E-state index in [1.165, 1.54) is 0 Å². The Kier molecular flexibility index (Phi) is 6.95. The van der Waals surface area contributed by atoms with Crippen LogP contribution in [-0.4, -0.2) is 58.2 Å². The highest BCUT2D eigenvalue weighted by Crippen LogP contribution is 2.37. The van der Waals surface area contributed by atoms with Crippen molar-refractivity contribution in [2.24, 2.45) is 5.92 Å². The number of aliphatic hydroxyl groups is 1. The predicted octanol–water partition coefficient (Wildman–Crippen LogP) is 1.60. The Bertz CT molecular complexity index is 536. The summed E-state index contributed by atoms with van der Waals surface area (Å²) in [5.41, 5.74) is 0.533. The van der Waals surface area contributed by atoms with E-state index < -0.39 is 0 Å². The molecule has 0 aromatic carbocycles. The Morgan fingerprint density at radius 2 is 2.04 bits per heavy atom. The molecule has 134 valence electrons. The molecule has 2 heterocycles. The van der Waals surface area contributed by atoms with E-state index in [-0.39, 0.29) is 31.0 Å². The van der Waals surface area contributed by atoms with Crippen LogP contribution >= 0.6 is 12.4 Å².